The maximum atomic E-state index is 3.80. The molecule has 0 saturated heterocycles. The second-order valence-corrected chi connectivity index (χ2v) is 7.61. The van der Waals surface area contributed by atoms with Gasteiger partial charge in [-0.3, -0.25) is 0 Å². The smallest absolute Gasteiger partial charge is 0.0730 e. The van der Waals surface area contributed by atoms with Gasteiger partial charge >= 0.3 is 0 Å². The molecule has 14 heavy (non-hydrogen) atoms. The Bertz CT molecular complexity index is 296. The Morgan fingerprint density at radius 3 is 2.71 bits per heavy atom. The molecule has 0 aromatic carbocycles. The third-order valence-corrected chi connectivity index (χ3v) is 6.37. The monoisotopic (exact) mass is 336 g/mol. The highest BCUT2D eigenvalue weighted by atomic mass is 79.9. The fourth-order valence-electron chi connectivity index (χ4n) is 1.78. The largest absolute Gasteiger partial charge is 0.132 e. The molecule has 1 aliphatic carbocycles. The van der Waals surface area contributed by atoms with Crippen LogP contribution in [-0.4, -0.2) is 0 Å². The number of hydrogen-bond donors (Lipinski definition) is 0. The van der Waals surface area contributed by atoms with Gasteiger partial charge in [0.05, 0.1) is 3.79 Å². The average molecular weight is 338 g/mol. The molecule has 1 heterocycles. The first-order valence-electron chi connectivity index (χ1n) is 5.06. The van der Waals surface area contributed by atoms with Gasteiger partial charge in [0.1, 0.15) is 0 Å². The maximum absolute atomic E-state index is 3.80. The summed E-state index contributed by atoms with van der Waals surface area (Å²) in [6.07, 6.45) is 5.63. The zero-order valence-electron chi connectivity index (χ0n) is 8.22. The van der Waals surface area contributed by atoms with Crippen LogP contribution in [0, 0.1) is 12.8 Å². The zero-order valence-corrected chi connectivity index (χ0v) is 12.2. The Morgan fingerprint density at radius 1 is 1.57 bits per heavy atom. The zero-order chi connectivity index (χ0) is 10.1. The molecular weight excluding hydrogens is 324 g/mol. The average Bonchev–Trinajstić information content (AvgIpc) is 2.40. The molecule has 2 rings (SSSR count). The van der Waals surface area contributed by atoms with E-state index in [0.29, 0.717) is 4.83 Å². The first-order valence-corrected chi connectivity index (χ1v) is 7.59. The van der Waals surface area contributed by atoms with E-state index in [9.17, 15) is 0 Å². The van der Waals surface area contributed by atoms with Crippen LogP contribution in [0.2, 0.25) is 0 Å². The Kier molecular flexibility index (Phi) is 3.72. The van der Waals surface area contributed by atoms with Crippen molar-refractivity contribution >= 4 is 43.2 Å². The van der Waals surface area contributed by atoms with Crippen LogP contribution in [0.3, 0.4) is 0 Å². The molecule has 1 unspecified atom stereocenters. The number of rotatable bonds is 3. The third kappa shape index (κ3) is 2.42. The quantitative estimate of drug-likeness (QED) is 0.644. The fourth-order valence-corrected chi connectivity index (χ4v) is 4.28. The van der Waals surface area contributed by atoms with E-state index in [4.69, 9.17) is 0 Å². The molecular formula is C11H14Br2S. The Labute approximate surface area is 106 Å². The van der Waals surface area contributed by atoms with E-state index in [2.05, 4.69) is 44.8 Å². The standard InChI is InChI=1S/C11H14Br2S/c1-7-5-10(14-11(7)13)9(12)6-8-3-2-4-8/h5,8-9H,2-4,6H2,1H3. The SMILES string of the molecule is Cc1cc(C(Br)CC2CCC2)sc1Br. The van der Waals surface area contributed by atoms with Crippen LogP contribution in [-0.2, 0) is 0 Å². The number of thiophene rings is 1. The molecule has 1 aromatic heterocycles. The number of alkyl halides is 1. The van der Waals surface area contributed by atoms with Gasteiger partial charge in [-0.05, 0) is 46.8 Å². The molecule has 0 bridgehead atoms. The first kappa shape index (κ1) is 11.2. The van der Waals surface area contributed by atoms with Gasteiger partial charge in [-0.1, -0.05) is 35.2 Å². The minimum atomic E-state index is 0.572. The van der Waals surface area contributed by atoms with Crippen molar-refractivity contribution in [2.45, 2.75) is 37.4 Å². The van der Waals surface area contributed by atoms with Crippen LogP contribution in [0.4, 0.5) is 0 Å². The van der Waals surface area contributed by atoms with Gasteiger partial charge in [0.2, 0.25) is 0 Å². The molecule has 1 fully saturated rings. The summed E-state index contributed by atoms with van der Waals surface area (Å²) in [4.78, 5) is 2.05. The minimum Gasteiger partial charge on any atom is -0.132 e. The summed E-state index contributed by atoms with van der Waals surface area (Å²) < 4.78 is 1.28. The van der Waals surface area contributed by atoms with Gasteiger partial charge in [0.15, 0.2) is 0 Å². The molecule has 0 nitrogen and oxygen atoms in total. The van der Waals surface area contributed by atoms with Gasteiger partial charge in [-0.15, -0.1) is 11.3 Å². The Balaban J connectivity index is 1.98. The predicted molar refractivity (Wildman–Crippen MR) is 70.4 cm³/mol. The van der Waals surface area contributed by atoms with Gasteiger partial charge in [0, 0.05) is 9.70 Å². The molecule has 1 aliphatic rings. The molecule has 1 atom stereocenters. The van der Waals surface area contributed by atoms with E-state index in [1.165, 1.54) is 39.9 Å². The van der Waals surface area contributed by atoms with Crippen molar-refractivity contribution < 1.29 is 0 Å². The van der Waals surface area contributed by atoms with Crippen LogP contribution in [0.5, 0.6) is 0 Å². The highest BCUT2D eigenvalue weighted by Crippen LogP contribution is 2.42. The van der Waals surface area contributed by atoms with E-state index in [1.807, 2.05) is 11.3 Å². The molecule has 3 heteroatoms. The van der Waals surface area contributed by atoms with Crippen molar-refractivity contribution in [3.63, 3.8) is 0 Å². The predicted octanol–water partition coefficient (Wildman–Crippen LogP) is 5.45. The first-order chi connectivity index (χ1) is 6.66. The second kappa shape index (κ2) is 4.67. The number of hydrogen-bond acceptors (Lipinski definition) is 1. The van der Waals surface area contributed by atoms with Gasteiger partial charge in [0.25, 0.3) is 0 Å². The Hall–Kier alpha value is 0.660. The molecule has 1 saturated carbocycles. The summed E-state index contributed by atoms with van der Waals surface area (Å²) in [7, 11) is 0. The molecule has 0 N–H and O–H groups in total. The summed E-state index contributed by atoms with van der Waals surface area (Å²) >= 11 is 9.25. The Morgan fingerprint density at radius 2 is 2.29 bits per heavy atom. The topological polar surface area (TPSA) is 0 Å². The van der Waals surface area contributed by atoms with Crippen molar-refractivity contribution in [1.29, 1.82) is 0 Å². The fraction of sp³-hybridized carbons (Fsp3) is 0.636. The minimum absolute atomic E-state index is 0.572. The summed E-state index contributed by atoms with van der Waals surface area (Å²) in [5, 5.41) is 0. The van der Waals surface area contributed by atoms with Crippen LogP contribution >= 0.6 is 43.2 Å². The van der Waals surface area contributed by atoms with Crippen molar-refractivity contribution in [1.82, 2.24) is 0 Å². The van der Waals surface area contributed by atoms with Crippen molar-refractivity contribution in [2.75, 3.05) is 0 Å². The second-order valence-electron chi connectivity index (χ2n) is 4.11. The molecule has 1 aromatic rings. The summed E-state index contributed by atoms with van der Waals surface area (Å²) in [6.45, 7) is 2.16. The number of aryl methyl sites for hydroxylation is 1. The highest BCUT2D eigenvalue weighted by molar-refractivity contribution is 9.11. The van der Waals surface area contributed by atoms with Gasteiger partial charge in [-0.2, -0.15) is 0 Å². The van der Waals surface area contributed by atoms with E-state index >= 15 is 0 Å². The number of halogens is 2. The van der Waals surface area contributed by atoms with Crippen LogP contribution in [0.1, 0.15) is 41.0 Å². The summed E-state index contributed by atoms with van der Waals surface area (Å²) in [5.74, 6) is 0.973. The molecule has 0 spiro atoms. The van der Waals surface area contributed by atoms with E-state index in [1.54, 1.807) is 0 Å². The third-order valence-electron chi connectivity index (χ3n) is 2.95. The lowest BCUT2D eigenvalue weighted by Crippen LogP contribution is -2.12. The van der Waals surface area contributed by atoms with Crippen LogP contribution in [0.15, 0.2) is 9.85 Å². The van der Waals surface area contributed by atoms with Crippen LogP contribution < -0.4 is 0 Å². The lowest BCUT2D eigenvalue weighted by Gasteiger charge is -2.27. The van der Waals surface area contributed by atoms with Crippen LogP contribution in [0.25, 0.3) is 0 Å². The molecule has 78 valence electrons. The van der Waals surface area contributed by atoms with Crippen molar-refractivity contribution in [3.05, 3.63) is 20.3 Å². The molecule has 0 aliphatic heterocycles. The summed E-state index contributed by atoms with van der Waals surface area (Å²) in [6, 6.07) is 2.30. The maximum Gasteiger partial charge on any atom is 0.0730 e. The lowest BCUT2D eigenvalue weighted by atomic mass is 9.82. The van der Waals surface area contributed by atoms with Crippen molar-refractivity contribution in [3.8, 4) is 0 Å². The van der Waals surface area contributed by atoms with E-state index in [0.717, 1.165) is 5.92 Å². The van der Waals surface area contributed by atoms with Crippen molar-refractivity contribution in [2.24, 2.45) is 5.92 Å². The lowest BCUT2D eigenvalue weighted by molar-refractivity contribution is 0.296. The normalized spacial score (nSPS) is 19.4. The molecule has 0 amide bonds. The van der Waals surface area contributed by atoms with Gasteiger partial charge < -0.3 is 0 Å². The molecule has 0 radical (unpaired) electrons. The summed E-state index contributed by atoms with van der Waals surface area (Å²) in [5.41, 5.74) is 1.36. The van der Waals surface area contributed by atoms with Gasteiger partial charge in [-0.25, -0.2) is 0 Å². The van der Waals surface area contributed by atoms with E-state index in [-0.39, 0.29) is 0 Å². The highest BCUT2D eigenvalue weighted by Gasteiger charge is 2.22. The van der Waals surface area contributed by atoms with E-state index < -0.39 is 0 Å².